The first-order valence-corrected chi connectivity index (χ1v) is 6.99. The molecule has 0 amide bonds. The van der Waals surface area contributed by atoms with Crippen molar-refractivity contribution in [2.24, 2.45) is 5.73 Å². The minimum Gasteiger partial charge on any atom is -0.320 e. The lowest BCUT2D eigenvalue weighted by atomic mass is 9.98. The maximum absolute atomic E-state index is 13.6. The molecule has 2 N–H and O–H groups in total. The van der Waals surface area contributed by atoms with Crippen LogP contribution in [0.2, 0.25) is 0 Å². The predicted octanol–water partition coefficient (Wildman–Crippen LogP) is 4.18. The molecule has 0 aliphatic heterocycles. The van der Waals surface area contributed by atoms with Crippen LogP contribution in [0.1, 0.15) is 17.2 Å². The minimum absolute atomic E-state index is 0.308. The summed E-state index contributed by atoms with van der Waals surface area (Å²) in [6.07, 6.45) is 1.75. The van der Waals surface area contributed by atoms with Crippen molar-refractivity contribution in [3.8, 4) is 0 Å². The monoisotopic (exact) mass is 330 g/mol. The van der Waals surface area contributed by atoms with Crippen LogP contribution in [0.3, 0.4) is 0 Å². The average molecular weight is 331 g/mol. The molecule has 2 aromatic carbocycles. The van der Waals surface area contributed by atoms with Gasteiger partial charge in [-0.25, -0.2) is 4.39 Å². The summed E-state index contributed by atoms with van der Waals surface area (Å²) >= 11 is 3.14. The molecule has 100 valence electrons. The zero-order valence-corrected chi connectivity index (χ0v) is 12.1. The van der Waals surface area contributed by atoms with E-state index in [9.17, 15) is 4.39 Å². The van der Waals surface area contributed by atoms with Gasteiger partial charge in [0.1, 0.15) is 5.82 Å². The number of benzene rings is 2. The fourth-order valence-electron chi connectivity index (χ4n) is 2.18. The smallest absolute Gasteiger partial charge is 0.137 e. The van der Waals surface area contributed by atoms with Crippen molar-refractivity contribution in [3.05, 3.63) is 76.1 Å². The first kappa shape index (κ1) is 13.2. The van der Waals surface area contributed by atoms with E-state index in [2.05, 4.69) is 20.9 Å². The maximum atomic E-state index is 13.6. The van der Waals surface area contributed by atoms with Crippen molar-refractivity contribution < 1.29 is 4.39 Å². The SMILES string of the molecule is NC(c1ccc(Br)c(F)c1)c1ccc2cccnc2c1. The van der Waals surface area contributed by atoms with Crippen LogP contribution in [0.15, 0.2) is 59.2 Å². The number of nitrogens with two attached hydrogens (primary N) is 1. The molecule has 0 saturated heterocycles. The molecule has 0 bridgehead atoms. The van der Waals surface area contributed by atoms with Gasteiger partial charge in [-0.1, -0.05) is 24.3 Å². The number of rotatable bonds is 2. The number of pyridine rings is 1. The molecular formula is C16H12BrFN2. The van der Waals surface area contributed by atoms with Crippen LogP contribution in [0.4, 0.5) is 4.39 Å². The molecule has 4 heteroatoms. The van der Waals surface area contributed by atoms with Crippen LogP contribution in [0, 0.1) is 5.82 Å². The topological polar surface area (TPSA) is 38.9 Å². The highest BCUT2D eigenvalue weighted by molar-refractivity contribution is 9.10. The summed E-state index contributed by atoms with van der Waals surface area (Å²) in [6.45, 7) is 0. The zero-order chi connectivity index (χ0) is 14.1. The summed E-state index contributed by atoms with van der Waals surface area (Å²) in [6, 6.07) is 14.3. The first-order valence-electron chi connectivity index (χ1n) is 6.20. The summed E-state index contributed by atoms with van der Waals surface area (Å²) < 4.78 is 14.0. The van der Waals surface area contributed by atoms with Crippen LogP contribution in [-0.2, 0) is 0 Å². The first-order chi connectivity index (χ1) is 9.65. The van der Waals surface area contributed by atoms with Gasteiger partial charge < -0.3 is 5.73 Å². The van der Waals surface area contributed by atoms with E-state index in [0.717, 1.165) is 22.0 Å². The Kier molecular flexibility index (Phi) is 3.51. The van der Waals surface area contributed by atoms with E-state index < -0.39 is 0 Å². The Balaban J connectivity index is 2.02. The number of nitrogens with zero attached hydrogens (tertiary/aromatic N) is 1. The van der Waals surface area contributed by atoms with Gasteiger partial charge in [0.25, 0.3) is 0 Å². The van der Waals surface area contributed by atoms with Crippen molar-refractivity contribution in [2.45, 2.75) is 6.04 Å². The second-order valence-corrected chi connectivity index (χ2v) is 5.46. The van der Waals surface area contributed by atoms with E-state index in [0.29, 0.717) is 4.47 Å². The number of aromatic nitrogens is 1. The quantitative estimate of drug-likeness (QED) is 0.765. The maximum Gasteiger partial charge on any atom is 0.137 e. The standard InChI is InChI=1S/C16H12BrFN2/c17-13-6-5-11(8-14(13)18)16(19)12-4-3-10-2-1-7-20-15(10)9-12/h1-9,16H,19H2. The minimum atomic E-state index is -0.371. The molecule has 0 aliphatic carbocycles. The molecule has 0 spiro atoms. The summed E-state index contributed by atoms with van der Waals surface area (Å²) in [5, 5.41) is 1.06. The Morgan fingerprint density at radius 2 is 1.80 bits per heavy atom. The van der Waals surface area contributed by atoms with Crippen molar-refractivity contribution in [1.29, 1.82) is 0 Å². The molecule has 2 nitrogen and oxygen atoms in total. The molecule has 1 unspecified atom stereocenters. The van der Waals surface area contributed by atoms with Gasteiger partial charge in [0, 0.05) is 11.6 Å². The van der Waals surface area contributed by atoms with Gasteiger partial charge in [0.15, 0.2) is 0 Å². The predicted molar refractivity (Wildman–Crippen MR) is 81.9 cm³/mol. The molecule has 3 aromatic rings. The Hall–Kier alpha value is -1.78. The van der Waals surface area contributed by atoms with Gasteiger partial charge in [-0.2, -0.15) is 0 Å². The fraction of sp³-hybridized carbons (Fsp3) is 0.0625. The Morgan fingerprint density at radius 1 is 1.05 bits per heavy atom. The molecule has 0 radical (unpaired) electrons. The van der Waals surface area contributed by atoms with Crippen LogP contribution in [0.5, 0.6) is 0 Å². The second-order valence-electron chi connectivity index (χ2n) is 4.61. The number of hydrogen-bond donors (Lipinski definition) is 1. The van der Waals surface area contributed by atoms with Crippen LogP contribution in [-0.4, -0.2) is 4.98 Å². The van der Waals surface area contributed by atoms with E-state index in [1.54, 1.807) is 12.3 Å². The fourth-order valence-corrected chi connectivity index (χ4v) is 2.42. The second kappa shape index (κ2) is 5.31. The van der Waals surface area contributed by atoms with Crippen molar-refractivity contribution in [2.75, 3.05) is 0 Å². The van der Waals surface area contributed by atoms with Crippen LogP contribution in [0.25, 0.3) is 10.9 Å². The molecule has 1 atom stereocenters. The Morgan fingerprint density at radius 3 is 2.60 bits per heavy atom. The zero-order valence-electron chi connectivity index (χ0n) is 10.6. The highest BCUT2D eigenvalue weighted by Gasteiger charge is 2.11. The summed E-state index contributed by atoms with van der Waals surface area (Å²) in [5.41, 5.74) is 8.76. The Bertz CT molecular complexity index is 773. The van der Waals surface area contributed by atoms with E-state index in [-0.39, 0.29) is 11.9 Å². The van der Waals surface area contributed by atoms with Gasteiger partial charge in [-0.15, -0.1) is 0 Å². The van der Waals surface area contributed by atoms with Crippen LogP contribution < -0.4 is 5.73 Å². The van der Waals surface area contributed by atoms with Crippen LogP contribution >= 0.6 is 15.9 Å². The molecule has 1 aromatic heterocycles. The van der Waals surface area contributed by atoms with E-state index >= 15 is 0 Å². The van der Waals surface area contributed by atoms with Gasteiger partial charge in [-0.05, 0) is 51.3 Å². The molecule has 0 saturated carbocycles. The summed E-state index contributed by atoms with van der Waals surface area (Å²) in [4.78, 5) is 4.31. The normalized spacial score (nSPS) is 12.6. The molecule has 0 aliphatic rings. The van der Waals surface area contributed by atoms with Crippen molar-refractivity contribution in [1.82, 2.24) is 4.98 Å². The van der Waals surface area contributed by atoms with E-state index in [1.165, 1.54) is 6.07 Å². The van der Waals surface area contributed by atoms with Gasteiger partial charge in [0.05, 0.1) is 16.0 Å². The lowest BCUT2D eigenvalue weighted by molar-refractivity contribution is 0.617. The highest BCUT2D eigenvalue weighted by Crippen LogP contribution is 2.25. The molecule has 20 heavy (non-hydrogen) atoms. The summed E-state index contributed by atoms with van der Waals surface area (Å²) in [7, 11) is 0. The van der Waals surface area contributed by atoms with Gasteiger partial charge >= 0.3 is 0 Å². The van der Waals surface area contributed by atoms with Gasteiger partial charge in [0.2, 0.25) is 0 Å². The number of hydrogen-bond acceptors (Lipinski definition) is 2. The largest absolute Gasteiger partial charge is 0.320 e. The van der Waals surface area contributed by atoms with E-state index in [1.807, 2.05) is 36.4 Å². The Labute approximate surface area is 124 Å². The average Bonchev–Trinajstić information content (AvgIpc) is 2.49. The van der Waals surface area contributed by atoms with Crippen molar-refractivity contribution >= 4 is 26.8 Å². The third-order valence-electron chi connectivity index (χ3n) is 3.29. The number of fused-ring (bicyclic) bond motifs is 1. The lowest BCUT2D eigenvalue weighted by Crippen LogP contribution is -2.12. The third kappa shape index (κ3) is 2.44. The summed E-state index contributed by atoms with van der Waals surface area (Å²) in [5.74, 6) is -0.308. The molecular weight excluding hydrogens is 319 g/mol. The third-order valence-corrected chi connectivity index (χ3v) is 3.93. The van der Waals surface area contributed by atoms with E-state index in [4.69, 9.17) is 5.73 Å². The lowest BCUT2D eigenvalue weighted by Gasteiger charge is -2.13. The van der Waals surface area contributed by atoms with Gasteiger partial charge in [-0.3, -0.25) is 4.98 Å². The molecule has 0 fully saturated rings. The highest BCUT2D eigenvalue weighted by atomic mass is 79.9. The van der Waals surface area contributed by atoms with Crippen molar-refractivity contribution in [3.63, 3.8) is 0 Å². The molecule has 1 heterocycles. The number of halogens is 2. The molecule has 3 rings (SSSR count).